The number of halogens is 1. The van der Waals surface area contributed by atoms with Gasteiger partial charge < -0.3 is 4.98 Å². The molecular formula is C12H9FN4O. The van der Waals surface area contributed by atoms with Gasteiger partial charge in [0.2, 0.25) is 0 Å². The number of H-pyrrole nitrogens is 1. The molecule has 3 N–H and O–H groups in total. The maximum absolute atomic E-state index is 12.0. The van der Waals surface area contributed by atoms with E-state index >= 15 is 0 Å². The van der Waals surface area contributed by atoms with Crippen LogP contribution in [0, 0.1) is 0 Å². The van der Waals surface area contributed by atoms with E-state index in [-0.39, 0.29) is 5.56 Å². The summed E-state index contributed by atoms with van der Waals surface area (Å²) in [4.78, 5) is 18.9. The van der Waals surface area contributed by atoms with Gasteiger partial charge in [-0.05, 0) is 30.3 Å². The highest BCUT2D eigenvalue weighted by Gasteiger charge is 2.06. The number of pyridine rings is 2. The second kappa shape index (κ2) is 4.08. The predicted octanol–water partition coefficient (Wildman–Crippen LogP) is 1.88. The molecule has 2 heterocycles. The van der Waals surface area contributed by atoms with Gasteiger partial charge in [-0.25, -0.2) is 0 Å². The fourth-order valence-corrected chi connectivity index (χ4v) is 1.98. The smallest absolute Gasteiger partial charge is 0.256 e. The van der Waals surface area contributed by atoms with Gasteiger partial charge in [-0.3, -0.25) is 15.2 Å². The zero-order chi connectivity index (χ0) is 12.5. The van der Waals surface area contributed by atoms with Crippen LogP contribution in [0.3, 0.4) is 0 Å². The quantitative estimate of drug-likeness (QED) is 0.365. The summed E-state index contributed by atoms with van der Waals surface area (Å²) in [7, 11) is 0. The molecule has 2 aromatic heterocycles. The van der Waals surface area contributed by atoms with Crippen LogP contribution in [0.15, 0.2) is 41.3 Å². The molecule has 0 amide bonds. The van der Waals surface area contributed by atoms with Crippen LogP contribution in [0.25, 0.3) is 21.8 Å². The highest BCUT2D eigenvalue weighted by Crippen LogP contribution is 2.21. The van der Waals surface area contributed by atoms with Crippen molar-refractivity contribution in [3.05, 3.63) is 46.9 Å². The number of nitrogens with zero attached hydrogens (tertiary/aromatic N) is 1. The molecule has 90 valence electrons. The highest BCUT2D eigenvalue weighted by atomic mass is 19.2. The van der Waals surface area contributed by atoms with Gasteiger partial charge in [0.1, 0.15) is 0 Å². The zero-order valence-corrected chi connectivity index (χ0v) is 9.20. The lowest BCUT2D eigenvalue weighted by molar-refractivity contribution is 0.376. The van der Waals surface area contributed by atoms with E-state index in [0.717, 1.165) is 5.39 Å². The van der Waals surface area contributed by atoms with Crippen molar-refractivity contribution >= 4 is 27.5 Å². The Bertz CT molecular complexity index is 784. The van der Waals surface area contributed by atoms with Crippen molar-refractivity contribution in [1.29, 1.82) is 0 Å². The van der Waals surface area contributed by atoms with Crippen molar-refractivity contribution in [3.8, 4) is 0 Å². The lowest BCUT2D eigenvalue weighted by Gasteiger charge is -2.05. The number of rotatable bonds is 2. The first kappa shape index (κ1) is 10.7. The molecule has 0 radical (unpaired) electrons. The van der Waals surface area contributed by atoms with Gasteiger partial charge in [0.25, 0.3) is 5.56 Å². The summed E-state index contributed by atoms with van der Waals surface area (Å²) in [6, 6.07) is 8.52. The van der Waals surface area contributed by atoms with Gasteiger partial charge in [0.15, 0.2) is 0 Å². The second-order valence-corrected chi connectivity index (χ2v) is 3.83. The van der Waals surface area contributed by atoms with Gasteiger partial charge in [0.05, 0.1) is 22.1 Å². The van der Waals surface area contributed by atoms with E-state index in [1.165, 1.54) is 5.65 Å². The number of aromatic nitrogens is 2. The molecule has 0 bridgehead atoms. The van der Waals surface area contributed by atoms with E-state index in [0.29, 0.717) is 22.1 Å². The van der Waals surface area contributed by atoms with Crippen molar-refractivity contribution in [2.75, 3.05) is 5.43 Å². The number of aromatic amines is 1. The third-order valence-electron chi connectivity index (χ3n) is 2.77. The van der Waals surface area contributed by atoms with Gasteiger partial charge >= 0.3 is 0 Å². The summed E-state index contributed by atoms with van der Waals surface area (Å²) in [5.74, 6) is 0. The Morgan fingerprint density at radius 2 is 2.11 bits per heavy atom. The summed E-state index contributed by atoms with van der Waals surface area (Å²) < 4.78 is 12.0. The SMILES string of the molecule is O=c1[nH]c2cccnc2c2ccc(NNF)cc12. The van der Waals surface area contributed by atoms with E-state index in [1.807, 2.05) is 0 Å². The predicted molar refractivity (Wildman–Crippen MR) is 67.7 cm³/mol. The van der Waals surface area contributed by atoms with Crippen LogP contribution < -0.4 is 16.6 Å². The second-order valence-electron chi connectivity index (χ2n) is 3.83. The monoisotopic (exact) mass is 244 g/mol. The average molecular weight is 244 g/mol. The van der Waals surface area contributed by atoms with E-state index in [1.54, 1.807) is 36.5 Å². The lowest BCUT2D eigenvalue weighted by Crippen LogP contribution is -2.11. The molecule has 5 nitrogen and oxygen atoms in total. The third-order valence-corrected chi connectivity index (χ3v) is 2.77. The van der Waals surface area contributed by atoms with Crippen LogP contribution in [-0.4, -0.2) is 9.97 Å². The third kappa shape index (κ3) is 1.59. The maximum Gasteiger partial charge on any atom is 0.256 e. The van der Waals surface area contributed by atoms with Gasteiger partial charge in [-0.1, -0.05) is 5.65 Å². The molecule has 0 spiro atoms. The number of hydrogen-bond donors (Lipinski definition) is 3. The van der Waals surface area contributed by atoms with Crippen molar-refractivity contribution in [3.63, 3.8) is 0 Å². The zero-order valence-electron chi connectivity index (χ0n) is 9.20. The van der Waals surface area contributed by atoms with Crippen molar-refractivity contribution in [1.82, 2.24) is 15.6 Å². The number of anilines is 1. The topological polar surface area (TPSA) is 69.8 Å². The first-order chi connectivity index (χ1) is 8.79. The Balaban J connectivity index is 2.40. The molecule has 0 saturated carbocycles. The van der Waals surface area contributed by atoms with E-state index in [9.17, 15) is 9.28 Å². The molecule has 1 aromatic carbocycles. The van der Waals surface area contributed by atoms with Gasteiger partial charge in [0, 0.05) is 11.6 Å². The Morgan fingerprint density at radius 1 is 1.22 bits per heavy atom. The molecule has 18 heavy (non-hydrogen) atoms. The van der Waals surface area contributed by atoms with Crippen LogP contribution >= 0.6 is 0 Å². The Morgan fingerprint density at radius 3 is 2.94 bits per heavy atom. The molecule has 0 fully saturated rings. The van der Waals surface area contributed by atoms with Crippen molar-refractivity contribution < 1.29 is 4.48 Å². The van der Waals surface area contributed by atoms with Crippen LogP contribution in [0.1, 0.15) is 0 Å². The molecule has 0 unspecified atom stereocenters. The lowest BCUT2D eigenvalue weighted by atomic mass is 10.1. The number of hydrazine groups is 1. The molecule has 3 rings (SSSR count). The first-order valence-electron chi connectivity index (χ1n) is 5.32. The Labute approximate surface area is 101 Å². The standard InChI is InChI=1S/C12H9FN4O/c13-17-16-7-3-4-8-9(6-7)12(18)15-10-2-1-5-14-11(8)10/h1-6,16-17H,(H,15,18). The van der Waals surface area contributed by atoms with E-state index in [4.69, 9.17) is 0 Å². The number of hydrogen-bond acceptors (Lipinski definition) is 4. The molecule has 0 aliphatic carbocycles. The summed E-state index contributed by atoms with van der Waals surface area (Å²) in [5, 5.41) is 1.19. The molecule has 3 aromatic rings. The number of benzene rings is 1. The number of nitrogens with one attached hydrogen (secondary N) is 3. The molecule has 0 aliphatic rings. The summed E-state index contributed by atoms with van der Waals surface area (Å²) >= 11 is 0. The molecule has 0 atom stereocenters. The van der Waals surface area contributed by atoms with Crippen molar-refractivity contribution in [2.45, 2.75) is 0 Å². The average Bonchev–Trinajstić information content (AvgIpc) is 2.40. The van der Waals surface area contributed by atoms with E-state index < -0.39 is 0 Å². The first-order valence-corrected chi connectivity index (χ1v) is 5.32. The normalized spacial score (nSPS) is 10.9. The van der Waals surface area contributed by atoms with Gasteiger partial charge in [-0.2, -0.15) is 0 Å². The molecule has 0 aliphatic heterocycles. The Hall–Kier alpha value is -2.47. The number of fused-ring (bicyclic) bond motifs is 3. The summed E-state index contributed by atoms with van der Waals surface area (Å²) in [6.07, 6.45) is 1.66. The van der Waals surface area contributed by atoms with Crippen LogP contribution in [0.5, 0.6) is 0 Å². The summed E-state index contributed by atoms with van der Waals surface area (Å²) in [6.45, 7) is 0. The fourth-order valence-electron chi connectivity index (χ4n) is 1.98. The van der Waals surface area contributed by atoms with Crippen LogP contribution in [-0.2, 0) is 0 Å². The minimum Gasteiger partial charge on any atom is -0.320 e. The molecule has 0 saturated heterocycles. The van der Waals surface area contributed by atoms with Crippen molar-refractivity contribution in [2.24, 2.45) is 0 Å². The Kier molecular flexibility index (Phi) is 2.42. The fraction of sp³-hybridized carbons (Fsp3) is 0. The highest BCUT2D eigenvalue weighted by molar-refractivity contribution is 6.03. The maximum atomic E-state index is 12.0. The van der Waals surface area contributed by atoms with Gasteiger partial charge in [-0.15, -0.1) is 4.48 Å². The summed E-state index contributed by atoms with van der Waals surface area (Å²) in [5.41, 5.74) is 5.24. The minimum absolute atomic E-state index is 0.229. The molecular weight excluding hydrogens is 235 g/mol. The largest absolute Gasteiger partial charge is 0.320 e. The van der Waals surface area contributed by atoms with Crippen LogP contribution in [0.2, 0.25) is 0 Å². The molecule has 6 heteroatoms. The van der Waals surface area contributed by atoms with E-state index in [2.05, 4.69) is 15.4 Å². The van der Waals surface area contributed by atoms with Crippen LogP contribution in [0.4, 0.5) is 10.2 Å². The minimum atomic E-state index is -0.229.